The molecule has 0 amide bonds. The summed E-state index contributed by atoms with van der Waals surface area (Å²) in [7, 11) is 0. The Morgan fingerprint density at radius 2 is 2.04 bits per heavy atom. The van der Waals surface area contributed by atoms with Crippen LogP contribution in [0, 0.1) is 0 Å². The van der Waals surface area contributed by atoms with Crippen molar-refractivity contribution in [2.24, 2.45) is 0 Å². The van der Waals surface area contributed by atoms with Gasteiger partial charge < -0.3 is 20.1 Å². The van der Waals surface area contributed by atoms with Crippen LogP contribution in [0.2, 0.25) is 5.28 Å². The van der Waals surface area contributed by atoms with Crippen LogP contribution >= 0.6 is 11.6 Å². The molecule has 1 unspecified atom stereocenters. The first-order chi connectivity index (χ1) is 11.2. The van der Waals surface area contributed by atoms with Gasteiger partial charge in [-0.15, -0.1) is 0 Å². The lowest BCUT2D eigenvalue weighted by atomic mass is 10.0. The van der Waals surface area contributed by atoms with Crippen LogP contribution in [0.3, 0.4) is 0 Å². The Bertz CT molecular complexity index is 740. The van der Waals surface area contributed by atoms with Crippen molar-refractivity contribution in [3.63, 3.8) is 0 Å². The molecule has 120 valence electrons. The van der Waals surface area contributed by atoms with Crippen molar-refractivity contribution in [3.8, 4) is 11.5 Å². The molecule has 2 N–H and O–H groups in total. The normalized spacial score (nSPS) is 19.9. The Balaban J connectivity index is 1.69. The molecule has 1 saturated heterocycles. The molecule has 4 rings (SSSR count). The Morgan fingerprint density at radius 1 is 1.22 bits per heavy atom. The van der Waals surface area contributed by atoms with Gasteiger partial charge in [-0.25, -0.2) is 4.98 Å². The van der Waals surface area contributed by atoms with Gasteiger partial charge in [0, 0.05) is 6.54 Å². The monoisotopic (exact) mass is 332 g/mol. The Morgan fingerprint density at radius 3 is 2.91 bits per heavy atom. The Kier molecular flexibility index (Phi) is 3.61. The number of fused-ring (bicyclic) bond motifs is 1. The number of hydrogen-bond donors (Lipinski definition) is 1. The van der Waals surface area contributed by atoms with E-state index in [2.05, 4.69) is 27.0 Å². The number of halogens is 1. The number of ether oxygens (including phenoxy) is 2. The van der Waals surface area contributed by atoms with Crippen molar-refractivity contribution in [1.29, 1.82) is 0 Å². The summed E-state index contributed by atoms with van der Waals surface area (Å²) in [5, 5.41) is 0.210. The summed E-state index contributed by atoms with van der Waals surface area (Å²) in [5.41, 5.74) is 7.76. The molecule has 1 fully saturated rings. The number of benzene rings is 1. The molecule has 0 spiro atoms. The number of nitrogens with zero attached hydrogens (tertiary/aromatic N) is 3. The fourth-order valence-corrected chi connectivity index (χ4v) is 3.35. The lowest BCUT2D eigenvalue weighted by molar-refractivity contribution is 0.171. The minimum Gasteiger partial charge on any atom is -0.486 e. The highest BCUT2D eigenvalue weighted by Gasteiger charge is 2.29. The summed E-state index contributed by atoms with van der Waals surface area (Å²) in [6.07, 6.45) is 3.66. The van der Waals surface area contributed by atoms with Gasteiger partial charge in [0.1, 0.15) is 13.2 Å². The first-order valence-corrected chi connectivity index (χ1v) is 8.04. The summed E-state index contributed by atoms with van der Waals surface area (Å²) in [5.74, 6) is 2.30. The Labute approximate surface area is 139 Å². The second kappa shape index (κ2) is 5.77. The molecule has 1 aromatic heterocycles. The smallest absolute Gasteiger partial charge is 0.224 e. The summed E-state index contributed by atoms with van der Waals surface area (Å²) >= 11 is 5.94. The molecule has 0 bridgehead atoms. The van der Waals surface area contributed by atoms with E-state index < -0.39 is 0 Å². The van der Waals surface area contributed by atoms with E-state index in [1.165, 1.54) is 5.56 Å². The van der Waals surface area contributed by atoms with Crippen molar-refractivity contribution < 1.29 is 9.47 Å². The largest absolute Gasteiger partial charge is 0.486 e. The van der Waals surface area contributed by atoms with Gasteiger partial charge in [0.15, 0.2) is 17.3 Å². The summed E-state index contributed by atoms with van der Waals surface area (Å²) < 4.78 is 11.3. The van der Waals surface area contributed by atoms with E-state index in [-0.39, 0.29) is 11.3 Å². The molecular weight excluding hydrogens is 316 g/mol. The maximum Gasteiger partial charge on any atom is 0.224 e. The standard InChI is InChI=1S/C16H17ClN4O2/c17-16-19-9-11(18)15(20-16)21-5-1-2-12(21)10-3-4-13-14(8-10)23-7-6-22-13/h3-4,8-9,12H,1-2,5-7,18H2. The van der Waals surface area contributed by atoms with Crippen LogP contribution < -0.4 is 20.1 Å². The van der Waals surface area contributed by atoms with Crippen molar-refractivity contribution in [3.05, 3.63) is 35.2 Å². The van der Waals surface area contributed by atoms with Gasteiger partial charge in [-0.3, -0.25) is 0 Å². The lowest BCUT2D eigenvalue weighted by Crippen LogP contribution is -2.25. The molecule has 3 heterocycles. The van der Waals surface area contributed by atoms with E-state index in [0.29, 0.717) is 24.7 Å². The topological polar surface area (TPSA) is 73.5 Å². The van der Waals surface area contributed by atoms with Gasteiger partial charge in [0.05, 0.1) is 17.9 Å². The van der Waals surface area contributed by atoms with Crippen LogP contribution in [0.25, 0.3) is 0 Å². The molecule has 2 aromatic rings. The molecule has 1 atom stereocenters. The molecule has 0 aliphatic carbocycles. The first kappa shape index (κ1) is 14.4. The average Bonchev–Trinajstić information content (AvgIpc) is 3.06. The molecule has 7 heteroatoms. The third kappa shape index (κ3) is 2.63. The Hall–Kier alpha value is -2.21. The molecule has 1 aromatic carbocycles. The molecule has 6 nitrogen and oxygen atoms in total. The highest BCUT2D eigenvalue weighted by atomic mass is 35.5. The molecule has 0 saturated carbocycles. The zero-order valence-corrected chi connectivity index (χ0v) is 13.3. The summed E-state index contributed by atoms with van der Waals surface area (Å²) in [4.78, 5) is 10.4. The van der Waals surface area contributed by atoms with Crippen molar-refractivity contribution in [2.75, 3.05) is 30.4 Å². The van der Waals surface area contributed by atoms with Gasteiger partial charge in [0.25, 0.3) is 0 Å². The number of aromatic nitrogens is 2. The summed E-state index contributed by atoms with van der Waals surface area (Å²) in [6.45, 7) is 2.06. The minimum atomic E-state index is 0.194. The zero-order chi connectivity index (χ0) is 15.8. The number of anilines is 2. The van der Waals surface area contributed by atoms with E-state index in [0.717, 1.165) is 30.9 Å². The highest BCUT2D eigenvalue weighted by Crippen LogP contribution is 2.41. The van der Waals surface area contributed by atoms with Crippen LogP contribution in [-0.4, -0.2) is 29.7 Å². The highest BCUT2D eigenvalue weighted by molar-refractivity contribution is 6.28. The molecular formula is C16H17ClN4O2. The van der Waals surface area contributed by atoms with Crippen molar-refractivity contribution in [2.45, 2.75) is 18.9 Å². The van der Waals surface area contributed by atoms with Crippen LogP contribution in [0.5, 0.6) is 11.5 Å². The van der Waals surface area contributed by atoms with Crippen LogP contribution in [-0.2, 0) is 0 Å². The molecule has 2 aliphatic heterocycles. The number of hydrogen-bond acceptors (Lipinski definition) is 6. The number of nitrogen functional groups attached to an aromatic ring is 1. The van der Waals surface area contributed by atoms with Crippen LogP contribution in [0.1, 0.15) is 24.4 Å². The van der Waals surface area contributed by atoms with E-state index in [4.69, 9.17) is 26.8 Å². The SMILES string of the molecule is Nc1cnc(Cl)nc1N1CCCC1c1ccc2c(c1)OCCO2. The average molecular weight is 333 g/mol. The van der Waals surface area contributed by atoms with Gasteiger partial charge in [-0.1, -0.05) is 6.07 Å². The fourth-order valence-electron chi connectivity index (χ4n) is 3.23. The van der Waals surface area contributed by atoms with Gasteiger partial charge >= 0.3 is 0 Å². The number of nitrogens with two attached hydrogens (primary N) is 1. The minimum absolute atomic E-state index is 0.194. The van der Waals surface area contributed by atoms with E-state index in [1.807, 2.05) is 6.07 Å². The second-order valence-electron chi connectivity index (χ2n) is 5.67. The van der Waals surface area contributed by atoms with E-state index in [9.17, 15) is 0 Å². The summed E-state index contributed by atoms with van der Waals surface area (Å²) in [6, 6.07) is 6.29. The number of rotatable bonds is 2. The maximum atomic E-state index is 6.05. The quantitative estimate of drug-likeness (QED) is 0.852. The molecule has 2 aliphatic rings. The second-order valence-corrected chi connectivity index (χ2v) is 6.01. The maximum absolute atomic E-state index is 6.05. The third-order valence-electron chi connectivity index (χ3n) is 4.24. The van der Waals surface area contributed by atoms with Crippen molar-refractivity contribution in [1.82, 2.24) is 9.97 Å². The van der Waals surface area contributed by atoms with E-state index >= 15 is 0 Å². The van der Waals surface area contributed by atoms with E-state index in [1.54, 1.807) is 6.20 Å². The van der Waals surface area contributed by atoms with Crippen LogP contribution in [0.4, 0.5) is 11.5 Å². The van der Waals surface area contributed by atoms with Gasteiger partial charge in [-0.2, -0.15) is 4.98 Å². The van der Waals surface area contributed by atoms with Crippen molar-refractivity contribution >= 4 is 23.1 Å². The molecule has 0 radical (unpaired) electrons. The van der Waals surface area contributed by atoms with Gasteiger partial charge in [-0.05, 0) is 42.1 Å². The van der Waals surface area contributed by atoms with Gasteiger partial charge in [0.2, 0.25) is 5.28 Å². The molecule has 23 heavy (non-hydrogen) atoms. The fraction of sp³-hybridized carbons (Fsp3) is 0.375. The predicted molar refractivity (Wildman–Crippen MR) is 88.2 cm³/mol. The lowest BCUT2D eigenvalue weighted by Gasteiger charge is -2.28. The first-order valence-electron chi connectivity index (χ1n) is 7.66. The predicted octanol–water partition coefficient (Wildman–Crippen LogP) is 2.82. The third-order valence-corrected chi connectivity index (χ3v) is 4.42. The zero-order valence-electron chi connectivity index (χ0n) is 12.5. The van der Waals surface area contributed by atoms with Crippen LogP contribution in [0.15, 0.2) is 24.4 Å².